The normalized spacial score (nSPS) is 18.7. The predicted octanol–water partition coefficient (Wildman–Crippen LogP) is 8.66. The van der Waals surface area contributed by atoms with Gasteiger partial charge in [-0.2, -0.15) is 0 Å². The molecule has 17 heteroatoms. The van der Waals surface area contributed by atoms with Gasteiger partial charge < -0.3 is 19.5 Å². The molecule has 65 heavy (non-hydrogen) atoms. The molecule has 0 saturated carbocycles. The molecule has 3 aromatic carbocycles. The highest BCUT2D eigenvalue weighted by Crippen LogP contribution is 2.43. The van der Waals surface area contributed by atoms with Crippen molar-refractivity contribution in [1.29, 1.82) is 4.78 Å². The summed E-state index contributed by atoms with van der Waals surface area (Å²) < 4.78 is 44.4. The smallest absolute Gasteiger partial charge is 0.273 e. The standard InChI is InChI=1S/C48H57ClN8O6S2/c1-33(31-55-21-23-64(4,50)24-22-55)25-35-7-11-41(28-44(35)57(59)60)65(61,62)53-47(58)42-12-10-39(27-45(42)63-40-26-36-14-16-51-46(36)52-30-40)56-19-17-54(18-20-56)32-37-13-15-48(2,3)29-43(37)34-5-8-38(49)9-6-34/h5-12,14,16,26-28,30,33,50H,4,13,15,17-25,29,31-32H2,1-3H3,(H,51,52)(H,53,58)/t33-/m1/s1. The number of aromatic nitrogens is 2. The number of nitrogens with one attached hydrogen (secondary N) is 3. The Bertz CT molecular complexity index is 2840. The van der Waals surface area contributed by atoms with Crippen LogP contribution in [0.3, 0.4) is 0 Å². The molecule has 1 atom stereocenters. The highest BCUT2D eigenvalue weighted by molar-refractivity contribution is 8.01. The molecule has 5 aromatic rings. The van der Waals surface area contributed by atoms with Crippen LogP contribution >= 0.6 is 11.6 Å². The van der Waals surface area contributed by atoms with Crippen molar-refractivity contribution < 1.29 is 22.9 Å². The van der Waals surface area contributed by atoms with Crippen molar-refractivity contribution in [3.63, 3.8) is 0 Å². The minimum atomic E-state index is -4.56. The fourth-order valence-corrected chi connectivity index (χ4v) is 11.7. The van der Waals surface area contributed by atoms with Crippen LogP contribution in [-0.4, -0.2) is 109 Å². The van der Waals surface area contributed by atoms with E-state index in [-0.39, 0.29) is 28.3 Å². The number of nitro benzene ring substituents is 1. The van der Waals surface area contributed by atoms with Crippen molar-refractivity contribution in [3.05, 3.63) is 123 Å². The summed E-state index contributed by atoms with van der Waals surface area (Å²) in [6.45, 7) is 12.9. The molecule has 0 spiro atoms. The number of halogens is 1. The number of hydrogen-bond acceptors (Lipinski definition) is 11. The van der Waals surface area contributed by atoms with Gasteiger partial charge in [0.2, 0.25) is 0 Å². The summed E-state index contributed by atoms with van der Waals surface area (Å²) in [6, 6.07) is 20.7. The lowest BCUT2D eigenvalue weighted by Crippen LogP contribution is -2.47. The van der Waals surface area contributed by atoms with Gasteiger partial charge in [0.05, 0.1) is 21.6 Å². The lowest BCUT2D eigenvalue weighted by Gasteiger charge is -2.39. The Balaban J connectivity index is 0.989. The van der Waals surface area contributed by atoms with Gasteiger partial charge >= 0.3 is 0 Å². The van der Waals surface area contributed by atoms with Crippen molar-refractivity contribution in [3.8, 4) is 11.5 Å². The number of benzene rings is 3. The molecule has 0 radical (unpaired) electrons. The third kappa shape index (κ3) is 11.2. The van der Waals surface area contributed by atoms with Gasteiger partial charge in [-0.05, 0) is 90.6 Å². The summed E-state index contributed by atoms with van der Waals surface area (Å²) in [6.07, 6.45) is 6.84. The molecule has 4 heterocycles. The minimum Gasteiger partial charge on any atom is -0.455 e. The number of carbonyl (C=O) groups is 1. The number of fused-ring (bicyclic) bond motifs is 1. The van der Waals surface area contributed by atoms with E-state index >= 15 is 0 Å². The summed E-state index contributed by atoms with van der Waals surface area (Å²) in [5.74, 6) is 5.08. The van der Waals surface area contributed by atoms with Crippen LogP contribution in [0.1, 0.15) is 61.5 Å². The van der Waals surface area contributed by atoms with Crippen molar-refractivity contribution in [1.82, 2.24) is 24.5 Å². The van der Waals surface area contributed by atoms with Gasteiger partial charge in [-0.1, -0.05) is 62.0 Å². The third-order valence-electron chi connectivity index (χ3n) is 12.9. The Morgan fingerprint density at radius 1 is 1.03 bits per heavy atom. The summed E-state index contributed by atoms with van der Waals surface area (Å²) >= 11 is 6.25. The van der Waals surface area contributed by atoms with E-state index in [1.54, 1.807) is 30.5 Å². The van der Waals surface area contributed by atoms with Gasteiger partial charge in [-0.3, -0.25) is 24.6 Å². The van der Waals surface area contributed by atoms with Crippen molar-refractivity contribution in [2.24, 2.45) is 11.3 Å². The average molecular weight is 942 g/mol. The van der Waals surface area contributed by atoms with Crippen LogP contribution in [0.5, 0.6) is 11.5 Å². The maximum absolute atomic E-state index is 14.0. The molecule has 0 bridgehead atoms. The second kappa shape index (κ2) is 18.9. The monoisotopic (exact) mass is 940 g/mol. The van der Waals surface area contributed by atoms with Gasteiger partial charge in [0.15, 0.2) is 0 Å². The van der Waals surface area contributed by atoms with Gasteiger partial charge in [0.25, 0.3) is 21.6 Å². The van der Waals surface area contributed by atoms with Crippen LogP contribution in [-0.2, 0) is 25.9 Å². The summed E-state index contributed by atoms with van der Waals surface area (Å²) in [5.41, 5.74) is 5.83. The second-order valence-electron chi connectivity index (χ2n) is 18.6. The van der Waals surface area contributed by atoms with Crippen molar-refractivity contribution >= 4 is 70.8 Å². The van der Waals surface area contributed by atoms with Gasteiger partial charge in [-0.25, -0.2) is 18.1 Å². The first-order chi connectivity index (χ1) is 30.9. The number of piperazine rings is 1. The fraction of sp³-hybridized carbons (Fsp3) is 0.396. The number of nitro groups is 1. The van der Waals surface area contributed by atoms with E-state index in [4.69, 9.17) is 21.1 Å². The van der Waals surface area contributed by atoms with E-state index in [2.05, 4.69) is 61.2 Å². The van der Waals surface area contributed by atoms with E-state index in [0.29, 0.717) is 29.9 Å². The molecule has 3 aliphatic rings. The first kappa shape index (κ1) is 46.3. The molecule has 2 aromatic heterocycles. The molecule has 2 saturated heterocycles. The molecule has 14 nitrogen and oxygen atoms in total. The molecule has 8 rings (SSSR count). The highest BCUT2D eigenvalue weighted by Gasteiger charge is 2.31. The lowest BCUT2D eigenvalue weighted by atomic mass is 9.72. The number of carbonyl (C=O) groups excluding carboxylic acids is 1. The molecule has 0 unspecified atom stereocenters. The molecular weight excluding hydrogens is 884 g/mol. The van der Waals surface area contributed by atoms with Crippen molar-refractivity contribution in [2.75, 3.05) is 68.8 Å². The van der Waals surface area contributed by atoms with Gasteiger partial charge in [-0.15, -0.1) is 9.41 Å². The van der Waals surface area contributed by atoms with Crippen LogP contribution in [0.4, 0.5) is 11.4 Å². The topological polar surface area (TPSA) is 178 Å². The van der Waals surface area contributed by atoms with E-state index in [1.165, 1.54) is 35.0 Å². The Labute approximate surface area is 386 Å². The highest BCUT2D eigenvalue weighted by atomic mass is 35.5. The van der Waals surface area contributed by atoms with E-state index < -0.39 is 35.2 Å². The largest absolute Gasteiger partial charge is 0.455 e. The average Bonchev–Trinajstić information content (AvgIpc) is 3.73. The Morgan fingerprint density at radius 3 is 2.49 bits per heavy atom. The van der Waals surface area contributed by atoms with E-state index in [0.717, 1.165) is 98.7 Å². The lowest BCUT2D eigenvalue weighted by molar-refractivity contribution is -0.385. The summed E-state index contributed by atoms with van der Waals surface area (Å²) in [7, 11) is -6.12. The van der Waals surface area contributed by atoms with Gasteiger partial charge in [0.1, 0.15) is 17.1 Å². The number of sulfonamides is 1. The number of nitrogens with zero attached hydrogens (tertiary/aromatic N) is 5. The first-order valence-electron chi connectivity index (χ1n) is 22.0. The van der Waals surface area contributed by atoms with E-state index in [1.807, 2.05) is 25.1 Å². The summed E-state index contributed by atoms with van der Waals surface area (Å²) in [5, 5.41) is 13.8. The zero-order valence-corrected chi connectivity index (χ0v) is 39.5. The maximum Gasteiger partial charge on any atom is 0.273 e. The zero-order valence-electron chi connectivity index (χ0n) is 37.1. The SMILES string of the molecule is C=S1(=N)CCN(C[C@H](C)Cc2ccc(S(=O)(=O)NC(=O)c3ccc(N4CCN(CC5=C(c6ccc(Cl)cc6)CC(C)(C)CC5)CC4)cc3Oc3cnc4[nH]ccc4c3)cc2[N+](=O)[O-])CC1. The zero-order chi connectivity index (χ0) is 46.1. The van der Waals surface area contributed by atoms with Crippen molar-refractivity contribution in [2.45, 2.75) is 51.3 Å². The van der Waals surface area contributed by atoms with Crippen LogP contribution < -0.4 is 14.4 Å². The van der Waals surface area contributed by atoms with Crippen LogP contribution in [0.2, 0.25) is 5.02 Å². The number of aromatic amines is 1. The number of pyridine rings is 1. The molecule has 344 valence electrons. The number of rotatable bonds is 14. The molecule has 2 aliphatic heterocycles. The first-order valence-corrected chi connectivity index (χ1v) is 26.0. The number of amides is 1. The quantitative estimate of drug-likeness (QED) is 0.0555. The third-order valence-corrected chi connectivity index (χ3v) is 16.4. The van der Waals surface area contributed by atoms with Gasteiger partial charge in [0, 0.05) is 104 Å². The number of hydrogen-bond donors (Lipinski definition) is 3. The Hall–Kier alpha value is -5.26. The summed E-state index contributed by atoms with van der Waals surface area (Å²) in [4.78, 5) is 39.8. The molecule has 1 amide bonds. The molecular formula is C48H57ClN8O6S2. The number of H-pyrrole nitrogens is 1. The maximum atomic E-state index is 14.0. The molecule has 1 aliphatic carbocycles. The molecule has 3 N–H and O–H groups in total. The number of ether oxygens (including phenoxy) is 1. The van der Waals surface area contributed by atoms with Crippen LogP contribution in [0.25, 0.3) is 16.6 Å². The Morgan fingerprint density at radius 2 is 1.77 bits per heavy atom. The minimum absolute atomic E-state index is 0.0345. The van der Waals surface area contributed by atoms with Crippen LogP contribution in [0, 0.1) is 26.2 Å². The van der Waals surface area contributed by atoms with Crippen LogP contribution in [0.15, 0.2) is 95.7 Å². The number of anilines is 1. The van der Waals surface area contributed by atoms with E-state index in [9.17, 15) is 23.3 Å². The number of allylic oxidation sites excluding steroid dienone is 1. The molecule has 2 fully saturated rings. The Kier molecular flexibility index (Phi) is 13.5. The predicted molar refractivity (Wildman–Crippen MR) is 261 cm³/mol. The second-order valence-corrected chi connectivity index (χ2v) is 23.6. The fourth-order valence-electron chi connectivity index (χ4n) is 9.15.